The van der Waals surface area contributed by atoms with Gasteiger partial charge in [0.05, 0.1) is 44.9 Å². The maximum absolute atomic E-state index is 11.5. The summed E-state index contributed by atoms with van der Waals surface area (Å²) < 4.78 is 0. The topological polar surface area (TPSA) is 119 Å². The normalized spacial score (nSPS) is 21.0. The second-order valence-electron chi connectivity index (χ2n) is 6.36. The van der Waals surface area contributed by atoms with E-state index >= 15 is 0 Å². The Hall–Kier alpha value is -3.68. The number of allylic oxidation sites excluding steroid dienone is 10. The maximum Gasteiger partial charge on any atom is 0.319 e. The van der Waals surface area contributed by atoms with Crippen molar-refractivity contribution in [2.24, 2.45) is 25.7 Å². The van der Waals surface area contributed by atoms with Crippen LogP contribution in [0, 0.1) is 10.1 Å². The fraction of sp³-hybridized carbons (Fsp3) is 0. The van der Waals surface area contributed by atoms with E-state index < -0.39 is 4.92 Å². The summed E-state index contributed by atoms with van der Waals surface area (Å²) in [5, 5.41) is 11.5. The van der Waals surface area contributed by atoms with Crippen molar-refractivity contribution in [3.05, 3.63) is 105 Å². The van der Waals surface area contributed by atoms with Gasteiger partial charge in [-0.2, -0.15) is 0 Å². The van der Waals surface area contributed by atoms with Gasteiger partial charge in [0.15, 0.2) is 0 Å². The minimum Gasteiger partial charge on any atom is -0.391 e. The molecule has 0 aromatic carbocycles. The van der Waals surface area contributed by atoms with Crippen LogP contribution in [0.25, 0.3) is 0 Å². The van der Waals surface area contributed by atoms with E-state index in [2.05, 4.69) is 20.0 Å². The summed E-state index contributed by atoms with van der Waals surface area (Å²) in [4.78, 5) is 28.8. The molecule has 1 radical (unpaired) electrons. The van der Waals surface area contributed by atoms with E-state index in [9.17, 15) is 10.1 Å². The fourth-order valence-electron chi connectivity index (χ4n) is 3.15. The van der Waals surface area contributed by atoms with Crippen LogP contribution in [0.3, 0.4) is 0 Å². The van der Waals surface area contributed by atoms with Crippen molar-refractivity contribution in [3.63, 3.8) is 0 Å². The third-order valence-electron chi connectivity index (χ3n) is 4.41. The van der Waals surface area contributed by atoms with Gasteiger partial charge in [-0.05, 0) is 60.8 Å². The fourth-order valence-corrected chi connectivity index (χ4v) is 3.15. The number of hydrogen-bond acceptors (Lipinski definition) is 7. The van der Waals surface area contributed by atoms with Gasteiger partial charge in [0.2, 0.25) is 0 Å². The Balaban J connectivity index is 0.00000205. The van der Waals surface area contributed by atoms with E-state index in [1.165, 1.54) is 0 Å². The summed E-state index contributed by atoms with van der Waals surface area (Å²) in [6.45, 7) is 0. The van der Waals surface area contributed by atoms with E-state index in [1.54, 1.807) is 24.3 Å². The summed E-state index contributed by atoms with van der Waals surface area (Å²) in [5.41, 5.74) is 10.4. The van der Waals surface area contributed by atoms with Crippen LogP contribution in [-0.2, 0) is 17.1 Å². The largest absolute Gasteiger partial charge is 0.391 e. The van der Waals surface area contributed by atoms with Crippen molar-refractivity contribution in [2.75, 3.05) is 0 Å². The molecule has 0 aliphatic carbocycles. The van der Waals surface area contributed by atoms with E-state index in [4.69, 9.17) is 5.73 Å². The molecule has 0 fully saturated rings. The SMILES string of the molecule is NC1=C([N+](=O)[O-])C2=CC3=NC(=CC4=NC(=CC5=NC(=CC1=N2)C=C5)C=C4)C=C3.[Cu]. The average molecular weight is 432 g/mol. The first-order chi connectivity index (χ1) is 13.5. The van der Waals surface area contributed by atoms with Gasteiger partial charge in [-0.3, -0.25) is 10.1 Å². The summed E-state index contributed by atoms with van der Waals surface area (Å²) in [7, 11) is 0. The molecule has 5 heterocycles. The second kappa shape index (κ2) is 7.05. The van der Waals surface area contributed by atoms with Gasteiger partial charge in [0.1, 0.15) is 11.4 Å². The van der Waals surface area contributed by atoms with Gasteiger partial charge < -0.3 is 5.73 Å². The Morgan fingerprint density at radius 2 is 1.21 bits per heavy atom. The van der Waals surface area contributed by atoms with Gasteiger partial charge in [-0.1, -0.05) is 0 Å². The molecule has 0 saturated carbocycles. The van der Waals surface area contributed by atoms with Gasteiger partial charge in [0, 0.05) is 17.1 Å². The summed E-state index contributed by atoms with van der Waals surface area (Å²) in [6.07, 6.45) is 17.9. The predicted molar refractivity (Wildman–Crippen MR) is 108 cm³/mol. The zero-order valence-electron chi connectivity index (χ0n) is 14.7. The summed E-state index contributed by atoms with van der Waals surface area (Å²) in [5.74, 6) is 0. The van der Waals surface area contributed by atoms with Crippen molar-refractivity contribution in [2.45, 2.75) is 0 Å². The van der Waals surface area contributed by atoms with Crippen LogP contribution in [-0.4, -0.2) is 27.8 Å². The van der Waals surface area contributed by atoms with Gasteiger partial charge >= 0.3 is 5.70 Å². The van der Waals surface area contributed by atoms with E-state index in [1.807, 2.05) is 36.5 Å². The first-order valence-electron chi connectivity index (χ1n) is 8.46. The Morgan fingerprint density at radius 1 is 0.724 bits per heavy atom. The minimum atomic E-state index is -0.525. The van der Waals surface area contributed by atoms with Crippen LogP contribution in [0.4, 0.5) is 0 Å². The number of nitrogens with two attached hydrogens (primary N) is 1. The minimum absolute atomic E-state index is 0. The van der Waals surface area contributed by atoms with Gasteiger partial charge in [-0.25, -0.2) is 20.0 Å². The van der Waals surface area contributed by atoms with E-state index in [0.29, 0.717) is 22.8 Å². The Labute approximate surface area is 175 Å². The third-order valence-corrected chi connectivity index (χ3v) is 4.41. The van der Waals surface area contributed by atoms with Crippen molar-refractivity contribution < 1.29 is 22.0 Å². The molecule has 145 valence electrons. The first-order valence-corrected chi connectivity index (χ1v) is 8.46. The van der Waals surface area contributed by atoms with Crippen LogP contribution >= 0.6 is 0 Å². The molecule has 2 N–H and O–H groups in total. The van der Waals surface area contributed by atoms with Crippen LogP contribution in [0.5, 0.6) is 0 Å². The molecule has 8 nitrogen and oxygen atoms in total. The Morgan fingerprint density at radius 3 is 1.72 bits per heavy atom. The smallest absolute Gasteiger partial charge is 0.319 e. The predicted octanol–water partition coefficient (Wildman–Crippen LogP) is 2.47. The molecule has 8 bridgehead atoms. The van der Waals surface area contributed by atoms with Crippen LogP contribution in [0.1, 0.15) is 0 Å². The number of hydrogen-bond donors (Lipinski definition) is 1. The molecule has 9 heteroatoms. The van der Waals surface area contributed by atoms with Crippen molar-refractivity contribution in [3.8, 4) is 0 Å². The van der Waals surface area contributed by atoms with Crippen LogP contribution in [0.15, 0.2) is 115 Å². The van der Waals surface area contributed by atoms with Crippen LogP contribution < -0.4 is 5.73 Å². The third kappa shape index (κ3) is 3.44. The molecule has 0 spiro atoms. The molecule has 0 unspecified atom stereocenters. The number of nitrogens with zero attached hydrogens (tertiary/aromatic N) is 5. The molecule has 0 aromatic rings. The van der Waals surface area contributed by atoms with Gasteiger partial charge in [0.25, 0.3) is 0 Å². The molecule has 5 aliphatic rings. The average Bonchev–Trinajstić information content (AvgIpc) is 3.40. The Bertz CT molecular complexity index is 1230. The molecule has 0 atom stereocenters. The Kier molecular flexibility index (Phi) is 4.54. The van der Waals surface area contributed by atoms with Crippen molar-refractivity contribution >= 4 is 22.8 Å². The molecule has 5 aliphatic heterocycles. The zero-order chi connectivity index (χ0) is 19.3. The number of aliphatic imine (C=N–C) groups is 4. The standard InChI is InChI=1S/C20H12N6O2.Cu/c21-19-17-9-15-5-3-13(23-15)7-11-1-2-12(22-11)8-14-4-6-16(24-14)10-18(25-17)20(19)26(27)28;/h1-10H,21H2;. The second-order valence-corrected chi connectivity index (χ2v) is 6.36. The summed E-state index contributed by atoms with van der Waals surface area (Å²) >= 11 is 0. The monoisotopic (exact) mass is 431 g/mol. The summed E-state index contributed by atoms with van der Waals surface area (Å²) in [6, 6.07) is 0. The number of fused-ring (bicyclic) bond motifs is 4. The zero-order valence-corrected chi connectivity index (χ0v) is 15.6. The van der Waals surface area contributed by atoms with Gasteiger partial charge in [-0.15, -0.1) is 0 Å². The molecular formula is C20H12CuN6O2. The van der Waals surface area contributed by atoms with E-state index in [0.717, 1.165) is 17.1 Å². The molecule has 0 amide bonds. The number of nitro groups is 1. The number of rotatable bonds is 1. The molecule has 29 heavy (non-hydrogen) atoms. The molecule has 0 aromatic heterocycles. The molecular weight excluding hydrogens is 420 g/mol. The first kappa shape index (κ1) is 18.7. The molecule has 0 saturated heterocycles. The van der Waals surface area contributed by atoms with Crippen molar-refractivity contribution in [1.82, 2.24) is 0 Å². The maximum atomic E-state index is 11.5. The molecule has 5 rings (SSSR count). The van der Waals surface area contributed by atoms with Crippen LogP contribution in [0.2, 0.25) is 0 Å². The van der Waals surface area contributed by atoms with Crippen molar-refractivity contribution in [1.29, 1.82) is 0 Å². The van der Waals surface area contributed by atoms with E-state index in [-0.39, 0.29) is 34.2 Å². The quantitative estimate of drug-likeness (QED) is 0.390.